The number of ether oxygens (including phenoxy) is 1. The summed E-state index contributed by atoms with van der Waals surface area (Å²) in [6.45, 7) is 2.52. The molecule has 1 fully saturated rings. The largest absolute Gasteiger partial charge is 0.377 e. The Morgan fingerprint density at radius 2 is 2.28 bits per heavy atom. The van der Waals surface area contributed by atoms with E-state index in [2.05, 4.69) is 10.3 Å². The molecular formula is C11H19N5O2. The summed E-state index contributed by atoms with van der Waals surface area (Å²) >= 11 is 0. The van der Waals surface area contributed by atoms with Gasteiger partial charge in [-0.3, -0.25) is 9.48 Å². The third-order valence-electron chi connectivity index (χ3n) is 3.02. The number of carbonyl (C=O) groups excluding carboxylic acids is 1. The highest BCUT2D eigenvalue weighted by Gasteiger charge is 2.25. The molecule has 0 atom stereocenters. The molecule has 2 N–H and O–H groups in total. The van der Waals surface area contributed by atoms with Crippen LogP contribution < -0.4 is 5.73 Å². The van der Waals surface area contributed by atoms with Crippen LogP contribution in [-0.2, 0) is 11.8 Å². The standard InChI is InChI=1S/C11H19N5O2/c1-15-8-10(13-14-15)11(17)16-5-2-9(3-6-16)18-7-4-12/h8-9H,2-7,12H2,1H3. The van der Waals surface area contributed by atoms with Gasteiger partial charge in [-0.2, -0.15) is 0 Å². The van der Waals surface area contributed by atoms with Crippen molar-refractivity contribution in [2.24, 2.45) is 12.8 Å². The molecule has 1 saturated heterocycles. The Kier molecular flexibility index (Phi) is 4.27. The molecule has 2 rings (SSSR count). The predicted octanol–water partition coefficient (Wildman–Crippen LogP) is -0.605. The summed E-state index contributed by atoms with van der Waals surface area (Å²) in [5.41, 5.74) is 5.79. The van der Waals surface area contributed by atoms with E-state index in [1.54, 1.807) is 18.1 Å². The zero-order chi connectivity index (χ0) is 13.0. The summed E-state index contributed by atoms with van der Waals surface area (Å²) in [5, 5.41) is 7.60. The number of piperidine rings is 1. The molecule has 7 nitrogen and oxygen atoms in total. The van der Waals surface area contributed by atoms with E-state index in [1.807, 2.05) is 0 Å². The minimum atomic E-state index is -0.0552. The summed E-state index contributed by atoms with van der Waals surface area (Å²) in [5.74, 6) is -0.0552. The fourth-order valence-corrected chi connectivity index (χ4v) is 2.07. The van der Waals surface area contributed by atoms with E-state index >= 15 is 0 Å². The van der Waals surface area contributed by atoms with Crippen molar-refractivity contribution in [1.29, 1.82) is 0 Å². The van der Waals surface area contributed by atoms with Crippen LogP contribution in [0, 0.1) is 0 Å². The molecule has 0 aliphatic carbocycles. The Balaban J connectivity index is 1.84. The smallest absolute Gasteiger partial charge is 0.276 e. The van der Waals surface area contributed by atoms with Crippen LogP contribution in [0.4, 0.5) is 0 Å². The third-order valence-corrected chi connectivity index (χ3v) is 3.02. The number of nitrogens with two attached hydrogens (primary N) is 1. The lowest BCUT2D eigenvalue weighted by atomic mass is 10.1. The second kappa shape index (κ2) is 5.92. The average molecular weight is 253 g/mol. The lowest BCUT2D eigenvalue weighted by molar-refractivity contribution is 0.0120. The van der Waals surface area contributed by atoms with Gasteiger partial charge in [0.15, 0.2) is 5.69 Å². The minimum Gasteiger partial charge on any atom is -0.377 e. The van der Waals surface area contributed by atoms with E-state index in [4.69, 9.17) is 10.5 Å². The predicted molar refractivity (Wildman–Crippen MR) is 64.9 cm³/mol. The van der Waals surface area contributed by atoms with Crippen molar-refractivity contribution in [1.82, 2.24) is 19.9 Å². The molecule has 1 aromatic rings. The molecule has 0 radical (unpaired) electrons. The van der Waals surface area contributed by atoms with Gasteiger partial charge in [0.05, 0.1) is 18.9 Å². The number of carbonyl (C=O) groups is 1. The van der Waals surface area contributed by atoms with Crippen LogP contribution in [-0.4, -0.2) is 58.1 Å². The molecule has 0 unspecified atom stereocenters. The van der Waals surface area contributed by atoms with Gasteiger partial charge in [-0.15, -0.1) is 5.10 Å². The van der Waals surface area contributed by atoms with Crippen molar-refractivity contribution in [2.45, 2.75) is 18.9 Å². The Morgan fingerprint density at radius 1 is 1.56 bits per heavy atom. The van der Waals surface area contributed by atoms with Gasteiger partial charge >= 0.3 is 0 Å². The summed E-state index contributed by atoms with van der Waals surface area (Å²) in [7, 11) is 1.75. The SMILES string of the molecule is Cn1cc(C(=O)N2CCC(OCCN)CC2)nn1. The molecule has 0 aromatic carbocycles. The van der Waals surface area contributed by atoms with E-state index in [-0.39, 0.29) is 12.0 Å². The van der Waals surface area contributed by atoms with Crippen LogP contribution in [0.15, 0.2) is 6.20 Å². The second-order valence-corrected chi connectivity index (χ2v) is 4.43. The third kappa shape index (κ3) is 3.05. The zero-order valence-electron chi connectivity index (χ0n) is 10.6. The number of amides is 1. The van der Waals surface area contributed by atoms with Crippen LogP contribution in [0.25, 0.3) is 0 Å². The number of aryl methyl sites for hydroxylation is 1. The second-order valence-electron chi connectivity index (χ2n) is 4.43. The van der Waals surface area contributed by atoms with E-state index < -0.39 is 0 Å². The van der Waals surface area contributed by atoms with Crippen molar-refractivity contribution in [2.75, 3.05) is 26.2 Å². The number of hydrogen-bond acceptors (Lipinski definition) is 5. The summed E-state index contributed by atoms with van der Waals surface area (Å²) in [6, 6.07) is 0. The lowest BCUT2D eigenvalue weighted by Gasteiger charge is -2.31. The van der Waals surface area contributed by atoms with Gasteiger partial charge in [0, 0.05) is 26.7 Å². The molecule has 1 amide bonds. The number of rotatable bonds is 4. The molecule has 2 heterocycles. The van der Waals surface area contributed by atoms with E-state index in [0.29, 0.717) is 31.9 Å². The summed E-state index contributed by atoms with van der Waals surface area (Å²) in [6.07, 6.45) is 3.57. The quantitative estimate of drug-likeness (QED) is 0.774. The molecule has 0 spiro atoms. The van der Waals surface area contributed by atoms with Crippen molar-refractivity contribution in [3.63, 3.8) is 0 Å². The number of nitrogens with zero attached hydrogens (tertiary/aromatic N) is 4. The maximum Gasteiger partial charge on any atom is 0.276 e. The van der Waals surface area contributed by atoms with Crippen molar-refractivity contribution in [3.8, 4) is 0 Å². The van der Waals surface area contributed by atoms with Gasteiger partial charge in [0.2, 0.25) is 0 Å². The first kappa shape index (κ1) is 13.0. The maximum absolute atomic E-state index is 12.1. The monoisotopic (exact) mass is 253 g/mol. The van der Waals surface area contributed by atoms with Crippen LogP contribution in [0.2, 0.25) is 0 Å². The molecule has 7 heteroatoms. The summed E-state index contributed by atoms with van der Waals surface area (Å²) in [4.78, 5) is 13.9. The van der Waals surface area contributed by atoms with Crippen molar-refractivity contribution >= 4 is 5.91 Å². The van der Waals surface area contributed by atoms with Gasteiger partial charge in [0.1, 0.15) is 0 Å². The number of hydrogen-bond donors (Lipinski definition) is 1. The molecular weight excluding hydrogens is 234 g/mol. The highest BCUT2D eigenvalue weighted by Crippen LogP contribution is 2.15. The van der Waals surface area contributed by atoms with Gasteiger partial charge < -0.3 is 15.4 Å². The first-order chi connectivity index (χ1) is 8.70. The fourth-order valence-electron chi connectivity index (χ4n) is 2.07. The van der Waals surface area contributed by atoms with Crippen LogP contribution in [0.3, 0.4) is 0 Å². The molecule has 1 aliphatic heterocycles. The topological polar surface area (TPSA) is 86.3 Å². The normalized spacial score (nSPS) is 17.1. The van der Waals surface area contributed by atoms with Gasteiger partial charge in [-0.25, -0.2) is 0 Å². The van der Waals surface area contributed by atoms with E-state index in [1.165, 1.54) is 4.68 Å². The molecule has 100 valence electrons. The van der Waals surface area contributed by atoms with Gasteiger partial charge in [0.25, 0.3) is 5.91 Å². The Bertz CT molecular complexity index is 398. The highest BCUT2D eigenvalue weighted by atomic mass is 16.5. The van der Waals surface area contributed by atoms with Crippen LogP contribution >= 0.6 is 0 Å². The summed E-state index contributed by atoms with van der Waals surface area (Å²) < 4.78 is 7.11. The van der Waals surface area contributed by atoms with Gasteiger partial charge in [-0.05, 0) is 12.8 Å². The average Bonchev–Trinajstić information content (AvgIpc) is 2.83. The van der Waals surface area contributed by atoms with Crippen LogP contribution in [0.1, 0.15) is 23.3 Å². The Labute approximate surface area is 106 Å². The first-order valence-corrected chi connectivity index (χ1v) is 6.18. The molecule has 0 bridgehead atoms. The van der Waals surface area contributed by atoms with Crippen molar-refractivity contribution < 1.29 is 9.53 Å². The molecule has 1 aliphatic rings. The Morgan fingerprint density at radius 3 is 2.83 bits per heavy atom. The molecule has 0 saturated carbocycles. The first-order valence-electron chi connectivity index (χ1n) is 6.18. The maximum atomic E-state index is 12.1. The van der Waals surface area contributed by atoms with E-state index in [9.17, 15) is 4.79 Å². The van der Waals surface area contributed by atoms with E-state index in [0.717, 1.165) is 12.8 Å². The number of aromatic nitrogens is 3. The van der Waals surface area contributed by atoms with Crippen molar-refractivity contribution in [3.05, 3.63) is 11.9 Å². The highest BCUT2D eigenvalue weighted by molar-refractivity contribution is 5.91. The van der Waals surface area contributed by atoms with Crippen LogP contribution in [0.5, 0.6) is 0 Å². The number of likely N-dealkylation sites (tertiary alicyclic amines) is 1. The Hall–Kier alpha value is -1.47. The zero-order valence-corrected chi connectivity index (χ0v) is 10.6. The van der Waals surface area contributed by atoms with Gasteiger partial charge in [-0.1, -0.05) is 5.21 Å². The molecule has 1 aromatic heterocycles. The fraction of sp³-hybridized carbons (Fsp3) is 0.727. The minimum absolute atomic E-state index is 0.0552. The molecule has 18 heavy (non-hydrogen) atoms. The lowest BCUT2D eigenvalue weighted by Crippen LogP contribution is -2.41.